The van der Waals surface area contributed by atoms with E-state index in [2.05, 4.69) is 20.9 Å². The summed E-state index contributed by atoms with van der Waals surface area (Å²) in [5.41, 5.74) is 0.977. The smallest absolute Gasteiger partial charge is 0.347 e. The minimum Gasteiger partial charge on any atom is -0.485 e. The van der Waals surface area contributed by atoms with Gasteiger partial charge >= 0.3 is 5.97 Å². The van der Waals surface area contributed by atoms with E-state index >= 15 is 0 Å². The quantitative estimate of drug-likeness (QED) is 0.330. The van der Waals surface area contributed by atoms with E-state index in [1.54, 1.807) is 30.3 Å². The molecule has 0 spiro atoms. The van der Waals surface area contributed by atoms with Crippen LogP contribution in [0.3, 0.4) is 0 Å². The van der Waals surface area contributed by atoms with Gasteiger partial charge in [0.05, 0.1) is 0 Å². The summed E-state index contributed by atoms with van der Waals surface area (Å²) in [6, 6.07) is 18.0. The van der Waals surface area contributed by atoms with Crippen molar-refractivity contribution < 1.29 is 18.7 Å². The van der Waals surface area contributed by atoms with Crippen molar-refractivity contribution in [3.05, 3.63) is 87.9 Å². The van der Waals surface area contributed by atoms with Crippen molar-refractivity contribution in [2.75, 3.05) is 0 Å². The minimum atomic E-state index is -0.760. The summed E-state index contributed by atoms with van der Waals surface area (Å²) in [5, 5.41) is 0. The molecule has 132 valence electrons. The van der Waals surface area contributed by atoms with Gasteiger partial charge in [-0.15, -0.1) is 0 Å². The van der Waals surface area contributed by atoms with Gasteiger partial charge in [0.15, 0.2) is 10.4 Å². The zero-order valence-corrected chi connectivity index (χ0v) is 15.5. The van der Waals surface area contributed by atoms with E-state index in [-0.39, 0.29) is 28.1 Å². The maximum absolute atomic E-state index is 14.1. The second-order valence-corrected chi connectivity index (χ2v) is 6.25. The van der Waals surface area contributed by atoms with E-state index in [9.17, 15) is 9.18 Å². The van der Waals surface area contributed by atoms with Gasteiger partial charge < -0.3 is 9.47 Å². The summed E-state index contributed by atoms with van der Waals surface area (Å²) in [6.45, 7) is 1.67. The molecule has 26 heavy (non-hydrogen) atoms. The number of pyridine rings is 1. The van der Waals surface area contributed by atoms with Crippen molar-refractivity contribution in [2.24, 2.45) is 0 Å². The van der Waals surface area contributed by atoms with Crippen LogP contribution in [0, 0.1) is 12.9 Å². The molecule has 0 bridgehead atoms. The van der Waals surface area contributed by atoms with E-state index in [1.165, 1.54) is 6.92 Å². The average molecular weight is 416 g/mol. The summed E-state index contributed by atoms with van der Waals surface area (Å²) in [5.74, 6) is -0.962. The number of para-hydroxylation sites is 1. The Morgan fingerprint density at radius 3 is 2.35 bits per heavy atom. The van der Waals surface area contributed by atoms with Crippen LogP contribution in [-0.4, -0.2) is 11.0 Å². The largest absolute Gasteiger partial charge is 0.485 e. The van der Waals surface area contributed by atoms with Crippen LogP contribution in [0.4, 0.5) is 4.39 Å². The fourth-order valence-electron chi connectivity index (χ4n) is 2.35. The SMILES string of the molecule is Cc1c(F)nc(Br)c(OCc2ccccc2)c1C(=O)Oc1ccccc1. The van der Waals surface area contributed by atoms with Crippen molar-refractivity contribution in [3.8, 4) is 11.5 Å². The molecule has 0 amide bonds. The van der Waals surface area contributed by atoms with Gasteiger partial charge in [0, 0.05) is 5.56 Å². The average Bonchev–Trinajstić information content (AvgIpc) is 2.65. The molecule has 0 radical (unpaired) electrons. The number of esters is 1. The Morgan fingerprint density at radius 1 is 1.08 bits per heavy atom. The number of rotatable bonds is 5. The molecule has 0 unspecified atom stereocenters. The van der Waals surface area contributed by atoms with Crippen LogP contribution in [-0.2, 0) is 6.61 Å². The Labute approximate surface area is 158 Å². The molecule has 3 rings (SSSR count). The third-order valence-corrected chi connectivity index (χ3v) is 4.22. The van der Waals surface area contributed by atoms with Gasteiger partial charge in [0.1, 0.15) is 17.9 Å². The fourth-order valence-corrected chi connectivity index (χ4v) is 2.82. The van der Waals surface area contributed by atoms with E-state index in [0.717, 1.165) is 5.56 Å². The number of ether oxygens (including phenoxy) is 2. The molecule has 1 aromatic heterocycles. The van der Waals surface area contributed by atoms with E-state index in [4.69, 9.17) is 9.47 Å². The molecule has 0 saturated carbocycles. The molecule has 2 aromatic carbocycles. The van der Waals surface area contributed by atoms with Crippen LogP contribution in [0.5, 0.6) is 11.5 Å². The molecular weight excluding hydrogens is 401 g/mol. The molecule has 0 saturated heterocycles. The van der Waals surface area contributed by atoms with E-state index < -0.39 is 11.9 Å². The van der Waals surface area contributed by atoms with Crippen molar-refractivity contribution in [3.63, 3.8) is 0 Å². The maximum Gasteiger partial charge on any atom is 0.347 e. The number of benzene rings is 2. The maximum atomic E-state index is 14.1. The Kier molecular flexibility index (Phi) is 5.63. The highest BCUT2D eigenvalue weighted by Crippen LogP contribution is 2.32. The van der Waals surface area contributed by atoms with Gasteiger partial charge in [0.2, 0.25) is 5.95 Å². The number of nitrogens with zero attached hydrogens (tertiary/aromatic N) is 1. The van der Waals surface area contributed by atoms with Crippen LogP contribution in [0.25, 0.3) is 0 Å². The Morgan fingerprint density at radius 2 is 1.69 bits per heavy atom. The van der Waals surface area contributed by atoms with Crippen molar-refractivity contribution in [1.82, 2.24) is 4.98 Å². The van der Waals surface area contributed by atoms with Crippen LogP contribution in [0.15, 0.2) is 65.3 Å². The highest BCUT2D eigenvalue weighted by molar-refractivity contribution is 9.10. The molecule has 1 heterocycles. The van der Waals surface area contributed by atoms with Crippen molar-refractivity contribution in [1.29, 1.82) is 0 Å². The predicted octanol–water partition coefficient (Wildman–Crippen LogP) is 5.09. The molecule has 0 aliphatic rings. The normalized spacial score (nSPS) is 10.4. The molecule has 0 aliphatic heterocycles. The first kappa shape index (κ1) is 18.1. The van der Waals surface area contributed by atoms with Crippen LogP contribution >= 0.6 is 15.9 Å². The van der Waals surface area contributed by atoms with Gasteiger partial charge in [-0.25, -0.2) is 9.78 Å². The van der Waals surface area contributed by atoms with Crippen molar-refractivity contribution in [2.45, 2.75) is 13.5 Å². The first-order valence-electron chi connectivity index (χ1n) is 7.86. The standard InChI is InChI=1S/C20H15BrFNO3/c1-13-16(20(24)26-15-10-6-3-7-11-15)17(18(21)23-19(13)22)25-12-14-8-4-2-5-9-14/h2-11H,12H2,1H3. The molecular formula is C20H15BrFNO3. The third-order valence-electron chi connectivity index (χ3n) is 3.68. The van der Waals surface area contributed by atoms with Gasteiger partial charge in [-0.3, -0.25) is 0 Å². The summed E-state index contributed by atoms with van der Waals surface area (Å²) in [6.07, 6.45) is 0. The molecule has 3 aromatic rings. The predicted molar refractivity (Wildman–Crippen MR) is 98.8 cm³/mol. The molecule has 0 fully saturated rings. The second kappa shape index (κ2) is 8.10. The Balaban J connectivity index is 1.93. The third kappa shape index (κ3) is 4.08. The van der Waals surface area contributed by atoms with Gasteiger partial charge in [-0.1, -0.05) is 48.5 Å². The van der Waals surface area contributed by atoms with Gasteiger partial charge in [-0.05, 0) is 40.5 Å². The highest BCUT2D eigenvalue weighted by atomic mass is 79.9. The fraction of sp³-hybridized carbons (Fsp3) is 0.100. The van der Waals surface area contributed by atoms with Gasteiger partial charge in [-0.2, -0.15) is 4.39 Å². The summed E-state index contributed by atoms with van der Waals surface area (Å²) in [7, 11) is 0. The summed E-state index contributed by atoms with van der Waals surface area (Å²) < 4.78 is 25.3. The number of hydrogen-bond donors (Lipinski definition) is 0. The molecule has 0 N–H and O–H groups in total. The first-order chi connectivity index (χ1) is 12.6. The van der Waals surface area contributed by atoms with E-state index in [1.807, 2.05) is 30.3 Å². The molecule has 4 nitrogen and oxygen atoms in total. The number of carbonyl (C=O) groups is 1. The zero-order valence-electron chi connectivity index (χ0n) is 13.9. The number of aromatic nitrogens is 1. The number of hydrogen-bond acceptors (Lipinski definition) is 4. The molecule has 0 atom stereocenters. The van der Waals surface area contributed by atoms with Crippen molar-refractivity contribution >= 4 is 21.9 Å². The van der Waals surface area contributed by atoms with Crippen LogP contribution < -0.4 is 9.47 Å². The summed E-state index contributed by atoms with van der Waals surface area (Å²) in [4.78, 5) is 16.4. The van der Waals surface area contributed by atoms with Crippen LogP contribution in [0.2, 0.25) is 0 Å². The zero-order chi connectivity index (χ0) is 18.5. The van der Waals surface area contributed by atoms with Gasteiger partial charge in [0.25, 0.3) is 0 Å². The number of halogens is 2. The summed E-state index contributed by atoms with van der Waals surface area (Å²) >= 11 is 3.18. The Hall–Kier alpha value is -2.73. The monoisotopic (exact) mass is 415 g/mol. The molecule has 6 heteroatoms. The Bertz CT molecular complexity index is 917. The lowest BCUT2D eigenvalue weighted by Crippen LogP contribution is -2.15. The first-order valence-corrected chi connectivity index (χ1v) is 8.65. The topological polar surface area (TPSA) is 48.4 Å². The lowest BCUT2D eigenvalue weighted by Gasteiger charge is -2.15. The second-order valence-electron chi connectivity index (χ2n) is 5.50. The lowest BCUT2D eigenvalue weighted by molar-refractivity contribution is 0.0727. The minimum absolute atomic E-state index is 0.00385. The lowest BCUT2D eigenvalue weighted by atomic mass is 10.1. The number of carbonyl (C=O) groups excluding carboxylic acids is 1. The molecule has 0 aliphatic carbocycles. The van der Waals surface area contributed by atoms with E-state index in [0.29, 0.717) is 5.75 Å². The van der Waals surface area contributed by atoms with Crippen LogP contribution in [0.1, 0.15) is 21.5 Å². The highest BCUT2D eigenvalue weighted by Gasteiger charge is 2.25.